The van der Waals surface area contributed by atoms with Gasteiger partial charge in [-0.1, -0.05) is 12.1 Å². The van der Waals surface area contributed by atoms with Crippen LogP contribution in [-0.2, 0) is 0 Å². The molecule has 2 amide bonds. The number of nitrogens with one attached hydrogen (secondary N) is 1. The quantitative estimate of drug-likeness (QED) is 0.889. The molecule has 2 atom stereocenters. The van der Waals surface area contributed by atoms with Crippen molar-refractivity contribution >= 4 is 28.5 Å². The number of carbonyl (C=O) groups is 1. The van der Waals surface area contributed by atoms with Gasteiger partial charge in [0.25, 0.3) is 0 Å². The van der Waals surface area contributed by atoms with Crippen LogP contribution in [0.2, 0.25) is 0 Å². The third kappa shape index (κ3) is 1.88. The van der Waals surface area contributed by atoms with Crippen LogP contribution < -0.4 is 5.32 Å². The Balaban J connectivity index is 1.90. The number of fused-ring (bicyclic) bond motifs is 2. The maximum Gasteiger partial charge on any atom is 0.342 e. The second-order valence-corrected chi connectivity index (χ2v) is 5.36. The molecule has 0 bridgehead atoms. The predicted octanol–water partition coefficient (Wildman–Crippen LogP) is 2.03. The summed E-state index contributed by atoms with van der Waals surface area (Å²) < 4.78 is 1.91. The van der Waals surface area contributed by atoms with Gasteiger partial charge in [0, 0.05) is 5.70 Å². The minimum absolute atomic E-state index is 0.226. The number of aromatic nitrogens is 2. The number of hydrogen-bond acceptors (Lipinski definition) is 3. The van der Waals surface area contributed by atoms with Crippen molar-refractivity contribution in [3.63, 3.8) is 0 Å². The molecule has 0 spiro atoms. The van der Waals surface area contributed by atoms with Gasteiger partial charge in [-0.3, -0.25) is 4.57 Å². The summed E-state index contributed by atoms with van der Waals surface area (Å²) in [5.41, 5.74) is 3.30. The number of allylic oxidation sites excluding steroid dienone is 2. The van der Waals surface area contributed by atoms with Crippen molar-refractivity contribution in [2.75, 3.05) is 0 Å². The van der Waals surface area contributed by atoms with Gasteiger partial charge < -0.3 is 10.4 Å². The lowest BCUT2D eigenvalue weighted by Crippen LogP contribution is -2.31. The molecule has 110 valence electrons. The van der Waals surface area contributed by atoms with Crippen molar-refractivity contribution in [3.05, 3.63) is 48.3 Å². The van der Waals surface area contributed by atoms with E-state index in [-0.39, 0.29) is 12.1 Å². The van der Waals surface area contributed by atoms with E-state index in [0.717, 1.165) is 16.7 Å². The van der Waals surface area contributed by atoms with Crippen LogP contribution in [0, 0.1) is 0 Å². The van der Waals surface area contributed by atoms with Gasteiger partial charge in [0.1, 0.15) is 11.9 Å². The first-order chi connectivity index (χ1) is 10.6. The van der Waals surface area contributed by atoms with Gasteiger partial charge in [0.05, 0.1) is 22.8 Å². The summed E-state index contributed by atoms with van der Waals surface area (Å²) in [7, 11) is 0. The molecule has 2 N–H and O–H groups in total. The zero-order valence-corrected chi connectivity index (χ0v) is 11.9. The van der Waals surface area contributed by atoms with E-state index < -0.39 is 6.10 Å². The maximum atomic E-state index is 11.4. The molecule has 1 aliphatic carbocycles. The highest BCUT2D eigenvalue weighted by molar-refractivity contribution is 6.14. The second-order valence-electron chi connectivity index (χ2n) is 5.36. The van der Waals surface area contributed by atoms with E-state index in [1.807, 2.05) is 47.1 Å². The Morgan fingerprint density at radius 3 is 2.95 bits per heavy atom. The summed E-state index contributed by atoms with van der Waals surface area (Å²) in [6.45, 7) is 1.69. The highest BCUT2D eigenvalue weighted by Crippen LogP contribution is 2.27. The largest absolute Gasteiger partial charge is 0.385 e. The first-order valence-electron chi connectivity index (χ1n) is 7.08. The van der Waals surface area contributed by atoms with Crippen molar-refractivity contribution in [1.82, 2.24) is 14.9 Å². The Morgan fingerprint density at radius 2 is 2.14 bits per heavy atom. The van der Waals surface area contributed by atoms with Gasteiger partial charge in [-0.25, -0.2) is 9.78 Å². The summed E-state index contributed by atoms with van der Waals surface area (Å²) in [6, 6.07) is 7.17. The standard InChI is InChI=1S/C16H14N4O2/c1-9(21)15-17-12-4-2-3-5-14(12)20(15)10-6-7-11-13(8-10)19-16(22)18-11/h2-9,13,21H,1H3,(H,19,22). The molecule has 0 saturated carbocycles. The SMILES string of the molecule is CC(O)c1nc2ccccc2n1C1=CC2NC(=O)N=C2C=C1. The number of benzene rings is 1. The number of amides is 2. The molecule has 1 aliphatic heterocycles. The van der Waals surface area contributed by atoms with E-state index in [1.165, 1.54) is 0 Å². The molecule has 1 aromatic heterocycles. The van der Waals surface area contributed by atoms with E-state index in [2.05, 4.69) is 15.3 Å². The van der Waals surface area contributed by atoms with Crippen LogP contribution in [0.4, 0.5) is 4.79 Å². The second kappa shape index (κ2) is 4.64. The molecule has 6 nitrogen and oxygen atoms in total. The van der Waals surface area contributed by atoms with Gasteiger partial charge in [0.15, 0.2) is 0 Å². The van der Waals surface area contributed by atoms with E-state index in [9.17, 15) is 9.90 Å². The fourth-order valence-corrected chi connectivity index (χ4v) is 2.84. The number of rotatable bonds is 2. The molecule has 22 heavy (non-hydrogen) atoms. The molecule has 4 rings (SSSR count). The molecule has 2 heterocycles. The zero-order chi connectivity index (χ0) is 15.3. The predicted molar refractivity (Wildman–Crippen MR) is 83.5 cm³/mol. The molecule has 1 aromatic carbocycles. The highest BCUT2D eigenvalue weighted by Gasteiger charge is 2.26. The number of para-hydroxylation sites is 2. The highest BCUT2D eigenvalue weighted by atomic mass is 16.3. The van der Waals surface area contributed by atoms with E-state index in [1.54, 1.807) is 6.92 Å². The van der Waals surface area contributed by atoms with Crippen LogP contribution in [0.3, 0.4) is 0 Å². The lowest BCUT2D eigenvalue weighted by atomic mass is 10.1. The van der Waals surface area contributed by atoms with Crippen molar-refractivity contribution < 1.29 is 9.90 Å². The molecule has 0 saturated heterocycles. The minimum atomic E-state index is -0.699. The summed E-state index contributed by atoms with van der Waals surface area (Å²) >= 11 is 0. The van der Waals surface area contributed by atoms with Crippen LogP contribution in [-0.4, -0.2) is 32.4 Å². The normalized spacial score (nSPS) is 21.4. The smallest absolute Gasteiger partial charge is 0.342 e. The van der Waals surface area contributed by atoms with Gasteiger partial charge in [-0.05, 0) is 37.3 Å². The first kappa shape index (κ1) is 13.0. The third-order valence-electron chi connectivity index (χ3n) is 3.81. The average Bonchev–Trinajstić information content (AvgIpc) is 3.05. The number of imidazole rings is 1. The Hall–Kier alpha value is -2.73. The van der Waals surface area contributed by atoms with Crippen molar-refractivity contribution in [3.8, 4) is 0 Å². The van der Waals surface area contributed by atoms with Crippen LogP contribution >= 0.6 is 0 Å². The molecule has 2 aromatic rings. The maximum absolute atomic E-state index is 11.4. The third-order valence-corrected chi connectivity index (χ3v) is 3.81. The zero-order valence-electron chi connectivity index (χ0n) is 11.9. The van der Waals surface area contributed by atoms with Crippen LogP contribution in [0.15, 0.2) is 47.5 Å². The monoisotopic (exact) mass is 294 g/mol. The first-order valence-corrected chi connectivity index (χ1v) is 7.08. The number of nitrogens with zero attached hydrogens (tertiary/aromatic N) is 3. The van der Waals surface area contributed by atoms with Crippen molar-refractivity contribution in [1.29, 1.82) is 0 Å². The molecule has 2 unspecified atom stereocenters. The van der Waals surface area contributed by atoms with Crippen molar-refractivity contribution in [2.45, 2.75) is 19.1 Å². The van der Waals surface area contributed by atoms with Gasteiger partial charge in [-0.15, -0.1) is 0 Å². The fraction of sp³-hybridized carbons (Fsp3) is 0.188. The Kier molecular flexibility index (Phi) is 2.74. The topological polar surface area (TPSA) is 79.5 Å². The Morgan fingerprint density at radius 1 is 1.32 bits per heavy atom. The summed E-state index contributed by atoms with van der Waals surface area (Å²) in [4.78, 5) is 19.8. The Bertz CT molecular complexity index is 873. The van der Waals surface area contributed by atoms with Crippen LogP contribution in [0.1, 0.15) is 18.9 Å². The molecule has 6 heteroatoms. The number of aliphatic hydroxyl groups is 1. The summed E-state index contributed by atoms with van der Waals surface area (Å²) in [6.07, 6.45) is 4.92. The van der Waals surface area contributed by atoms with Gasteiger partial charge in [0.2, 0.25) is 0 Å². The van der Waals surface area contributed by atoms with Gasteiger partial charge >= 0.3 is 6.03 Å². The molecular formula is C16H14N4O2. The van der Waals surface area contributed by atoms with Crippen LogP contribution in [0.5, 0.6) is 0 Å². The molecule has 0 radical (unpaired) electrons. The average molecular weight is 294 g/mol. The minimum Gasteiger partial charge on any atom is -0.385 e. The number of hydrogen-bond donors (Lipinski definition) is 2. The number of urea groups is 1. The summed E-state index contributed by atoms with van der Waals surface area (Å²) in [5.74, 6) is 0.571. The number of aliphatic hydroxyl groups excluding tert-OH is 1. The fourth-order valence-electron chi connectivity index (χ4n) is 2.84. The molecule has 0 fully saturated rings. The molecular weight excluding hydrogens is 280 g/mol. The van der Waals surface area contributed by atoms with Crippen LogP contribution in [0.25, 0.3) is 16.7 Å². The van der Waals surface area contributed by atoms with E-state index in [4.69, 9.17) is 0 Å². The lowest BCUT2D eigenvalue weighted by molar-refractivity contribution is 0.188. The number of aliphatic imine (C=N–C) groups is 1. The van der Waals surface area contributed by atoms with E-state index >= 15 is 0 Å². The summed E-state index contributed by atoms with van der Waals surface area (Å²) in [5, 5.41) is 12.8. The molecule has 2 aliphatic rings. The van der Waals surface area contributed by atoms with Gasteiger partial charge in [-0.2, -0.15) is 4.99 Å². The van der Waals surface area contributed by atoms with Crippen molar-refractivity contribution in [2.24, 2.45) is 4.99 Å². The number of carbonyl (C=O) groups excluding carboxylic acids is 1. The Labute approximate surface area is 126 Å². The lowest BCUT2D eigenvalue weighted by Gasteiger charge is -2.17. The van der Waals surface area contributed by atoms with E-state index in [0.29, 0.717) is 11.5 Å².